The molecule has 0 spiro atoms. The van der Waals surface area contributed by atoms with Gasteiger partial charge in [-0.1, -0.05) is 29.8 Å². The predicted molar refractivity (Wildman–Crippen MR) is 63.5 cm³/mol. The van der Waals surface area contributed by atoms with E-state index in [2.05, 4.69) is 29.8 Å². The lowest BCUT2D eigenvalue weighted by Crippen LogP contribution is -2.50. The van der Waals surface area contributed by atoms with E-state index in [0.29, 0.717) is 24.0 Å². The molecule has 0 N–H and O–H groups in total. The standard InChI is InChI=1S/C11H21BrO3/c1-8(2)7-14-4-5-15-10-6-9(12)11(10)13-3/h8-11H,4-7H2,1-3H3. The minimum Gasteiger partial charge on any atom is -0.379 e. The van der Waals surface area contributed by atoms with Gasteiger partial charge >= 0.3 is 0 Å². The Bertz CT molecular complexity index is 175. The van der Waals surface area contributed by atoms with Gasteiger partial charge in [-0.2, -0.15) is 0 Å². The lowest BCUT2D eigenvalue weighted by molar-refractivity contribution is -0.116. The predicted octanol–water partition coefficient (Wildman–Crippen LogP) is 2.23. The maximum atomic E-state index is 5.65. The Morgan fingerprint density at radius 3 is 2.60 bits per heavy atom. The van der Waals surface area contributed by atoms with Gasteiger partial charge in [0.25, 0.3) is 0 Å². The van der Waals surface area contributed by atoms with Crippen LogP contribution in [-0.4, -0.2) is 44.0 Å². The lowest BCUT2D eigenvalue weighted by Gasteiger charge is -2.39. The number of hydrogen-bond acceptors (Lipinski definition) is 3. The zero-order valence-electron chi connectivity index (χ0n) is 9.74. The van der Waals surface area contributed by atoms with Crippen LogP contribution in [0.5, 0.6) is 0 Å². The molecule has 0 heterocycles. The van der Waals surface area contributed by atoms with E-state index in [9.17, 15) is 0 Å². The summed E-state index contributed by atoms with van der Waals surface area (Å²) >= 11 is 3.53. The maximum absolute atomic E-state index is 5.65. The molecule has 0 aromatic heterocycles. The van der Waals surface area contributed by atoms with E-state index in [1.807, 2.05) is 0 Å². The van der Waals surface area contributed by atoms with Gasteiger partial charge in [0.05, 0.1) is 25.4 Å². The molecule has 1 fully saturated rings. The normalized spacial score (nSPS) is 30.6. The van der Waals surface area contributed by atoms with Crippen molar-refractivity contribution >= 4 is 15.9 Å². The molecule has 0 aromatic rings. The maximum Gasteiger partial charge on any atom is 0.0958 e. The minimum absolute atomic E-state index is 0.204. The summed E-state index contributed by atoms with van der Waals surface area (Å²) in [5, 5.41) is 0. The van der Waals surface area contributed by atoms with Gasteiger partial charge in [0.2, 0.25) is 0 Å². The topological polar surface area (TPSA) is 27.7 Å². The van der Waals surface area contributed by atoms with Crippen molar-refractivity contribution in [1.82, 2.24) is 0 Å². The fraction of sp³-hybridized carbons (Fsp3) is 1.00. The first-order chi connectivity index (χ1) is 7.15. The van der Waals surface area contributed by atoms with E-state index >= 15 is 0 Å². The summed E-state index contributed by atoms with van der Waals surface area (Å²) in [5.74, 6) is 0.590. The van der Waals surface area contributed by atoms with Crippen molar-refractivity contribution in [1.29, 1.82) is 0 Å². The molecular formula is C11H21BrO3. The van der Waals surface area contributed by atoms with Gasteiger partial charge in [-0.3, -0.25) is 0 Å². The second-order valence-electron chi connectivity index (χ2n) is 4.33. The third-order valence-electron chi connectivity index (χ3n) is 2.46. The Kier molecular flexibility index (Phi) is 6.12. The van der Waals surface area contributed by atoms with Gasteiger partial charge < -0.3 is 14.2 Å². The molecule has 90 valence electrons. The van der Waals surface area contributed by atoms with Gasteiger partial charge in [-0.25, -0.2) is 0 Å². The van der Waals surface area contributed by atoms with Crippen LogP contribution in [0.4, 0.5) is 0 Å². The van der Waals surface area contributed by atoms with Crippen LogP contribution in [0, 0.1) is 5.92 Å². The molecule has 1 saturated carbocycles. The van der Waals surface area contributed by atoms with Crippen molar-refractivity contribution in [2.75, 3.05) is 26.9 Å². The Morgan fingerprint density at radius 2 is 2.07 bits per heavy atom. The fourth-order valence-corrected chi connectivity index (χ4v) is 2.49. The molecule has 3 nitrogen and oxygen atoms in total. The summed E-state index contributed by atoms with van der Waals surface area (Å²) in [7, 11) is 1.73. The zero-order chi connectivity index (χ0) is 11.3. The number of rotatable bonds is 7. The quantitative estimate of drug-likeness (QED) is 0.529. The third kappa shape index (κ3) is 4.39. The van der Waals surface area contributed by atoms with Gasteiger partial charge in [-0.15, -0.1) is 0 Å². The van der Waals surface area contributed by atoms with Crippen LogP contribution in [0.1, 0.15) is 20.3 Å². The number of hydrogen-bond donors (Lipinski definition) is 0. The van der Waals surface area contributed by atoms with Crippen LogP contribution in [0.25, 0.3) is 0 Å². The monoisotopic (exact) mass is 280 g/mol. The van der Waals surface area contributed by atoms with Crippen molar-refractivity contribution in [2.24, 2.45) is 5.92 Å². The molecule has 1 aliphatic rings. The molecule has 0 aliphatic heterocycles. The van der Waals surface area contributed by atoms with E-state index in [1.165, 1.54) is 0 Å². The Labute approximate surface area is 101 Å². The Morgan fingerprint density at radius 1 is 1.33 bits per heavy atom. The first-order valence-electron chi connectivity index (χ1n) is 5.51. The second-order valence-corrected chi connectivity index (χ2v) is 5.51. The molecule has 0 aromatic carbocycles. The fourth-order valence-electron chi connectivity index (χ4n) is 1.57. The number of methoxy groups -OCH3 is 1. The van der Waals surface area contributed by atoms with E-state index in [4.69, 9.17) is 14.2 Å². The number of ether oxygens (including phenoxy) is 3. The first-order valence-corrected chi connectivity index (χ1v) is 6.43. The van der Waals surface area contributed by atoms with Crippen LogP contribution in [0.3, 0.4) is 0 Å². The van der Waals surface area contributed by atoms with Crippen LogP contribution in [-0.2, 0) is 14.2 Å². The van der Waals surface area contributed by atoms with Gasteiger partial charge in [0.1, 0.15) is 0 Å². The molecule has 0 radical (unpaired) electrons. The Balaban J connectivity index is 1.97. The highest BCUT2D eigenvalue weighted by atomic mass is 79.9. The van der Waals surface area contributed by atoms with Crippen molar-refractivity contribution in [3.8, 4) is 0 Å². The summed E-state index contributed by atoms with van der Waals surface area (Å²) in [5.41, 5.74) is 0. The molecule has 1 rings (SSSR count). The molecule has 0 bridgehead atoms. The largest absolute Gasteiger partial charge is 0.379 e. The van der Waals surface area contributed by atoms with E-state index in [1.54, 1.807) is 7.11 Å². The highest BCUT2D eigenvalue weighted by Crippen LogP contribution is 2.32. The van der Waals surface area contributed by atoms with Gasteiger partial charge in [-0.05, 0) is 12.3 Å². The van der Waals surface area contributed by atoms with Gasteiger partial charge in [0, 0.05) is 18.5 Å². The lowest BCUT2D eigenvalue weighted by atomic mass is 9.91. The number of alkyl halides is 1. The summed E-state index contributed by atoms with van der Waals surface area (Å²) in [6, 6.07) is 0. The highest BCUT2D eigenvalue weighted by molar-refractivity contribution is 9.09. The third-order valence-corrected chi connectivity index (χ3v) is 3.36. The average Bonchev–Trinajstić information content (AvgIpc) is 2.15. The molecule has 3 atom stereocenters. The zero-order valence-corrected chi connectivity index (χ0v) is 11.3. The van der Waals surface area contributed by atoms with Crippen LogP contribution >= 0.6 is 15.9 Å². The average molecular weight is 281 g/mol. The summed E-state index contributed by atoms with van der Waals surface area (Å²) in [4.78, 5) is 0.448. The van der Waals surface area contributed by atoms with Crippen molar-refractivity contribution in [3.05, 3.63) is 0 Å². The molecule has 15 heavy (non-hydrogen) atoms. The van der Waals surface area contributed by atoms with E-state index in [-0.39, 0.29) is 12.2 Å². The minimum atomic E-state index is 0.204. The Hall–Kier alpha value is 0.360. The van der Waals surface area contributed by atoms with Crippen molar-refractivity contribution < 1.29 is 14.2 Å². The number of halogens is 1. The first kappa shape index (κ1) is 13.4. The highest BCUT2D eigenvalue weighted by Gasteiger charge is 2.40. The van der Waals surface area contributed by atoms with E-state index in [0.717, 1.165) is 13.0 Å². The molecule has 1 aliphatic carbocycles. The molecular weight excluding hydrogens is 260 g/mol. The molecule has 0 saturated heterocycles. The smallest absolute Gasteiger partial charge is 0.0958 e. The van der Waals surface area contributed by atoms with Gasteiger partial charge in [0.15, 0.2) is 0 Å². The molecule has 0 amide bonds. The van der Waals surface area contributed by atoms with E-state index < -0.39 is 0 Å². The summed E-state index contributed by atoms with van der Waals surface area (Å²) in [6.45, 7) is 6.43. The van der Waals surface area contributed by atoms with Crippen molar-refractivity contribution in [2.45, 2.75) is 37.3 Å². The summed E-state index contributed by atoms with van der Waals surface area (Å²) in [6.07, 6.45) is 1.47. The summed E-state index contributed by atoms with van der Waals surface area (Å²) < 4.78 is 16.4. The van der Waals surface area contributed by atoms with Crippen molar-refractivity contribution in [3.63, 3.8) is 0 Å². The second kappa shape index (κ2) is 6.84. The molecule has 4 heteroatoms. The van der Waals surface area contributed by atoms with Crippen LogP contribution in [0.2, 0.25) is 0 Å². The van der Waals surface area contributed by atoms with Crippen LogP contribution in [0.15, 0.2) is 0 Å². The van der Waals surface area contributed by atoms with Crippen LogP contribution < -0.4 is 0 Å². The molecule has 3 unspecified atom stereocenters. The SMILES string of the molecule is COC1C(Br)CC1OCCOCC(C)C.